The topological polar surface area (TPSA) is 39.1 Å². The molecule has 0 spiro atoms. The van der Waals surface area contributed by atoms with Crippen molar-refractivity contribution in [3.8, 4) is 5.69 Å². The Morgan fingerprint density at radius 1 is 1.26 bits per heavy atom. The second-order valence-electron chi connectivity index (χ2n) is 4.85. The lowest BCUT2D eigenvalue weighted by Gasteiger charge is -2.09. The van der Waals surface area contributed by atoms with Crippen molar-refractivity contribution in [1.82, 2.24) is 15.1 Å². The van der Waals surface area contributed by atoms with E-state index < -0.39 is 0 Å². The Kier molecular flexibility index (Phi) is 3.91. The maximum Gasteiger partial charge on any atom is 0.0766 e. The monoisotopic (exact) mass is 257 g/mol. The van der Waals surface area contributed by atoms with Gasteiger partial charge in [-0.1, -0.05) is 18.2 Å². The first-order valence-corrected chi connectivity index (χ1v) is 6.84. The summed E-state index contributed by atoms with van der Waals surface area (Å²) < 4.78 is 7.48. The molecule has 1 saturated heterocycles. The maximum absolute atomic E-state index is 5.58. The number of nitrogens with zero attached hydrogens (tertiary/aromatic N) is 2. The molecule has 0 radical (unpaired) electrons. The summed E-state index contributed by atoms with van der Waals surface area (Å²) in [5.74, 6) is 0. The van der Waals surface area contributed by atoms with Crippen LogP contribution < -0.4 is 5.32 Å². The molecule has 2 aromatic rings. The molecule has 19 heavy (non-hydrogen) atoms. The zero-order valence-electron chi connectivity index (χ0n) is 11.0. The third-order valence-corrected chi connectivity index (χ3v) is 3.37. The highest BCUT2D eigenvalue weighted by molar-refractivity contribution is 5.30. The summed E-state index contributed by atoms with van der Waals surface area (Å²) in [4.78, 5) is 0. The Bertz CT molecular complexity index is 503. The van der Waals surface area contributed by atoms with Gasteiger partial charge in [0.25, 0.3) is 0 Å². The van der Waals surface area contributed by atoms with E-state index >= 15 is 0 Å². The number of ether oxygens (including phenoxy) is 1. The van der Waals surface area contributed by atoms with Crippen LogP contribution >= 0.6 is 0 Å². The first-order chi connectivity index (χ1) is 9.42. The molecule has 1 fully saturated rings. The van der Waals surface area contributed by atoms with E-state index in [-0.39, 0.29) is 0 Å². The van der Waals surface area contributed by atoms with E-state index in [0.29, 0.717) is 6.10 Å². The van der Waals surface area contributed by atoms with Crippen LogP contribution in [0.1, 0.15) is 18.5 Å². The lowest BCUT2D eigenvalue weighted by Crippen LogP contribution is -2.25. The summed E-state index contributed by atoms with van der Waals surface area (Å²) in [5.41, 5.74) is 2.15. The van der Waals surface area contributed by atoms with Crippen LogP contribution in [0.15, 0.2) is 42.6 Å². The number of nitrogens with one attached hydrogen (secondary N) is 1. The van der Waals surface area contributed by atoms with Gasteiger partial charge in [-0.2, -0.15) is 5.10 Å². The Morgan fingerprint density at radius 3 is 2.95 bits per heavy atom. The average molecular weight is 257 g/mol. The summed E-state index contributed by atoms with van der Waals surface area (Å²) in [6, 6.07) is 12.2. The van der Waals surface area contributed by atoms with Gasteiger partial charge in [-0.3, -0.25) is 0 Å². The second-order valence-corrected chi connectivity index (χ2v) is 4.85. The number of rotatable bonds is 5. The van der Waals surface area contributed by atoms with Gasteiger partial charge in [0.15, 0.2) is 0 Å². The normalized spacial score (nSPS) is 18.8. The first-order valence-electron chi connectivity index (χ1n) is 6.84. The molecule has 0 saturated carbocycles. The fraction of sp³-hybridized carbons (Fsp3) is 0.400. The van der Waals surface area contributed by atoms with Gasteiger partial charge in [0.05, 0.1) is 17.5 Å². The molecule has 3 rings (SSSR count). The van der Waals surface area contributed by atoms with E-state index in [1.807, 2.05) is 29.1 Å². The zero-order valence-corrected chi connectivity index (χ0v) is 11.0. The van der Waals surface area contributed by atoms with Crippen LogP contribution in [0.2, 0.25) is 0 Å². The second kappa shape index (κ2) is 5.99. The zero-order chi connectivity index (χ0) is 12.9. The molecule has 1 aromatic heterocycles. The lowest BCUT2D eigenvalue weighted by atomic mass is 10.2. The van der Waals surface area contributed by atoms with E-state index in [0.717, 1.165) is 31.1 Å². The van der Waals surface area contributed by atoms with Crippen molar-refractivity contribution >= 4 is 0 Å². The van der Waals surface area contributed by atoms with Gasteiger partial charge < -0.3 is 10.1 Å². The first kappa shape index (κ1) is 12.4. The van der Waals surface area contributed by atoms with Crippen molar-refractivity contribution in [1.29, 1.82) is 0 Å². The van der Waals surface area contributed by atoms with Gasteiger partial charge >= 0.3 is 0 Å². The molecule has 1 aliphatic rings. The number of hydrogen-bond donors (Lipinski definition) is 1. The van der Waals surface area contributed by atoms with Crippen LogP contribution in [-0.4, -0.2) is 29.0 Å². The number of para-hydroxylation sites is 1. The van der Waals surface area contributed by atoms with Gasteiger partial charge in [-0.25, -0.2) is 4.68 Å². The predicted molar refractivity (Wildman–Crippen MR) is 74.2 cm³/mol. The van der Waals surface area contributed by atoms with Crippen molar-refractivity contribution < 1.29 is 4.74 Å². The highest BCUT2D eigenvalue weighted by Gasteiger charge is 2.14. The van der Waals surface area contributed by atoms with Gasteiger partial charge in [0.1, 0.15) is 0 Å². The fourth-order valence-corrected chi connectivity index (χ4v) is 2.35. The van der Waals surface area contributed by atoms with Gasteiger partial charge in [-0.15, -0.1) is 0 Å². The van der Waals surface area contributed by atoms with Crippen LogP contribution in [0.4, 0.5) is 0 Å². The summed E-state index contributed by atoms with van der Waals surface area (Å²) in [6.45, 7) is 2.62. The summed E-state index contributed by atoms with van der Waals surface area (Å²) in [7, 11) is 0. The molecule has 0 aliphatic carbocycles. The van der Waals surface area contributed by atoms with E-state index in [9.17, 15) is 0 Å². The molecule has 0 bridgehead atoms. The quantitative estimate of drug-likeness (QED) is 0.892. The molecule has 100 valence electrons. The number of hydrogen-bond acceptors (Lipinski definition) is 3. The molecular formula is C15H19N3O. The smallest absolute Gasteiger partial charge is 0.0766 e. The predicted octanol–water partition coefficient (Wildman–Crippen LogP) is 2.14. The number of benzene rings is 1. The largest absolute Gasteiger partial charge is 0.377 e. The molecule has 4 nitrogen and oxygen atoms in total. The average Bonchev–Trinajstić information content (AvgIpc) is 3.11. The highest BCUT2D eigenvalue weighted by Crippen LogP contribution is 2.11. The Morgan fingerprint density at radius 2 is 2.16 bits per heavy atom. The number of aromatic nitrogens is 2. The van der Waals surface area contributed by atoms with E-state index in [4.69, 9.17) is 4.74 Å². The molecule has 0 unspecified atom stereocenters. The molecule has 1 N–H and O–H groups in total. The Hall–Kier alpha value is -1.65. The SMILES string of the molecule is c1ccc(-n2ccc(CNC[C@@H]3CCCO3)n2)cc1. The molecule has 4 heteroatoms. The molecule has 1 aliphatic heterocycles. The lowest BCUT2D eigenvalue weighted by molar-refractivity contribution is 0.110. The Labute approximate surface area is 113 Å². The van der Waals surface area contributed by atoms with Crippen molar-refractivity contribution in [3.05, 3.63) is 48.3 Å². The van der Waals surface area contributed by atoms with Crippen LogP contribution in [0.25, 0.3) is 5.69 Å². The fourth-order valence-electron chi connectivity index (χ4n) is 2.35. The standard InChI is InChI=1S/C15H19N3O/c1-2-5-14(6-3-1)18-9-8-13(17-18)11-16-12-15-7-4-10-19-15/h1-3,5-6,8-9,15-16H,4,7,10-12H2/t15-/m0/s1. The van der Waals surface area contributed by atoms with Crippen LogP contribution in [0.5, 0.6) is 0 Å². The minimum atomic E-state index is 0.385. The van der Waals surface area contributed by atoms with Crippen LogP contribution in [0, 0.1) is 0 Å². The maximum atomic E-state index is 5.58. The molecule has 2 heterocycles. The van der Waals surface area contributed by atoms with E-state index in [1.165, 1.54) is 12.8 Å². The van der Waals surface area contributed by atoms with Crippen molar-refractivity contribution in [3.63, 3.8) is 0 Å². The van der Waals surface area contributed by atoms with E-state index in [1.54, 1.807) is 0 Å². The van der Waals surface area contributed by atoms with Crippen molar-refractivity contribution in [2.75, 3.05) is 13.2 Å². The highest BCUT2D eigenvalue weighted by atomic mass is 16.5. The third-order valence-electron chi connectivity index (χ3n) is 3.37. The van der Waals surface area contributed by atoms with Gasteiger partial charge in [-0.05, 0) is 31.0 Å². The van der Waals surface area contributed by atoms with E-state index in [2.05, 4.69) is 28.6 Å². The van der Waals surface area contributed by atoms with Crippen molar-refractivity contribution in [2.24, 2.45) is 0 Å². The third kappa shape index (κ3) is 3.22. The molecule has 1 aromatic carbocycles. The minimum absolute atomic E-state index is 0.385. The summed E-state index contributed by atoms with van der Waals surface area (Å²) >= 11 is 0. The van der Waals surface area contributed by atoms with Crippen molar-refractivity contribution in [2.45, 2.75) is 25.5 Å². The summed E-state index contributed by atoms with van der Waals surface area (Å²) in [6.07, 6.45) is 4.75. The van der Waals surface area contributed by atoms with Gasteiger partial charge in [0.2, 0.25) is 0 Å². The minimum Gasteiger partial charge on any atom is -0.377 e. The Balaban J connectivity index is 1.53. The van der Waals surface area contributed by atoms with Gasteiger partial charge in [0, 0.05) is 25.9 Å². The molecule has 1 atom stereocenters. The molecular weight excluding hydrogens is 238 g/mol. The molecule has 0 amide bonds. The summed E-state index contributed by atoms with van der Waals surface area (Å²) in [5, 5.41) is 7.97. The van der Waals surface area contributed by atoms with Crippen LogP contribution in [-0.2, 0) is 11.3 Å². The van der Waals surface area contributed by atoms with Crippen LogP contribution in [0.3, 0.4) is 0 Å².